The number of unbranched alkanes of at least 4 members (excludes halogenated alkanes) is 1. The molecule has 0 atom stereocenters. The molecule has 110 valence electrons. The minimum atomic E-state index is -0.259. The fraction of sp³-hybridized carbons (Fsp3) is 0.278. The van der Waals surface area contributed by atoms with Crippen LogP contribution in [-0.2, 0) is 4.79 Å². The first kappa shape index (κ1) is 15.3. The van der Waals surface area contributed by atoms with Crippen LogP contribution in [0.4, 0.5) is 0 Å². The van der Waals surface area contributed by atoms with Crippen molar-refractivity contribution in [2.24, 2.45) is 5.73 Å². The molecule has 2 aromatic rings. The summed E-state index contributed by atoms with van der Waals surface area (Å²) in [6, 6.07) is 19.8. The number of nitrogens with one attached hydrogen (secondary N) is 1. The van der Waals surface area contributed by atoms with Crippen molar-refractivity contribution in [1.82, 2.24) is 5.32 Å². The van der Waals surface area contributed by atoms with Gasteiger partial charge in [0.25, 0.3) is 0 Å². The zero-order valence-corrected chi connectivity index (χ0v) is 12.2. The molecule has 0 aliphatic heterocycles. The molecule has 0 saturated heterocycles. The van der Waals surface area contributed by atoms with Crippen molar-refractivity contribution < 1.29 is 4.79 Å². The van der Waals surface area contributed by atoms with Gasteiger partial charge in [0.1, 0.15) is 0 Å². The van der Waals surface area contributed by atoms with E-state index in [2.05, 4.69) is 5.32 Å². The highest BCUT2D eigenvalue weighted by atomic mass is 16.1. The average Bonchev–Trinajstić information content (AvgIpc) is 2.54. The third kappa shape index (κ3) is 4.43. The quantitative estimate of drug-likeness (QED) is 0.767. The lowest BCUT2D eigenvalue weighted by molar-refractivity contribution is -0.121. The molecule has 2 aromatic carbocycles. The van der Waals surface area contributed by atoms with Crippen molar-refractivity contribution in [3.8, 4) is 0 Å². The summed E-state index contributed by atoms with van der Waals surface area (Å²) in [7, 11) is 0. The van der Waals surface area contributed by atoms with Crippen molar-refractivity contribution in [1.29, 1.82) is 0 Å². The molecule has 0 aliphatic carbocycles. The van der Waals surface area contributed by atoms with Crippen molar-refractivity contribution >= 4 is 5.91 Å². The number of hydrogen-bond donors (Lipinski definition) is 2. The molecule has 3 N–H and O–H groups in total. The largest absolute Gasteiger partial charge is 0.355 e. The van der Waals surface area contributed by atoms with Gasteiger partial charge in [-0.3, -0.25) is 4.79 Å². The predicted molar refractivity (Wildman–Crippen MR) is 86.0 cm³/mol. The van der Waals surface area contributed by atoms with Crippen LogP contribution in [0.3, 0.4) is 0 Å². The summed E-state index contributed by atoms with van der Waals surface area (Å²) < 4.78 is 0. The lowest BCUT2D eigenvalue weighted by Gasteiger charge is -2.17. The summed E-state index contributed by atoms with van der Waals surface area (Å²) in [5.74, 6) is -0.213. The van der Waals surface area contributed by atoms with E-state index in [0.717, 1.165) is 24.0 Å². The number of amides is 1. The molecule has 1 amide bonds. The Balaban J connectivity index is 2.15. The second-order valence-electron chi connectivity index (χ2n) is 5.04. The van der Waals surface area contributed by atoms with Gasteiger partial charge in [0, 0.05) is 6.54 Å². The molecule has 0 unspecified atom stereocenters. The predicted octanol–water partition coefficient (Wildman–Crippen LogP) is 2.67. The molecule has 0 spiro atoms. The van der Waals surface area contributed by atoms with E-state index in [9.17, 15) is 4.79 Å². The van der Waals surface area contributed by atoms with E-state index >= 15 is 0 Å². The maximum absolute atomic E-state index is 12.6. The van der Waals surface area contributed by atoms with E-state index in [1.807, 2.05) is 60.7 Å². The Hall–Kier alpha value is -2.13. The number of nitrogens with two attached hydrogens (primary N) is 1. The molecule has 0 fully saturated rings. The van der Waals surface area contributed by atoms with Gasteiger partial charge in [-0.2, -0.15) is 0 Å². The molecule has 0 heterocycles. The average molecular weight is 282 g/mol. The smallest absolute Gasteiger partial charge is 0.232 e. The first-order valence-corrected chi connectivity index (χ1v) is 7.40. The van der Waals surface area contributed by atoms with Crippen LogP contribution < -0.4 is 11.1 Å². The van der Waals surface area contributed by atoms with Gasteiger partial charge < -0.3 is 11.1 Å². The molecule has 0 saturated carbocycles. The minimum absolute atomic E-state index is 0.0458. The van der Waals surface area contributed by atoms with E-state index in [4.69, 9.17) is 5.73 Å². The lowest BCUT2D eigenvalue weighted by atomic mass is 9.90. The van der Waals surface area contributed by atoms with Crippen LogP contribution in [0.15, 0.2) is 60.7 Å². The minimum Gasteiger partial charge on any atom is -0.355 e. The Kier molecular flexibility index (Phi) is 5.98. The Morgan fingerprint density at radius 1 is 0.905 bits per heavy atom. The maximum Gasteiger partial charge on any atom is 0.232 e. The van der Waals surface area contributed by atoms with E-state index in [-0.39, 0.29) is 11.8 Å². The van der Waals surface area contributed by atoms with Crippen LogP contribution in [-0.4, -0.2) is 19.0 Å². The van der Waals surface area contributed by atoms with Gasteiger partial charge in [-0.05, 0) is 30.5 Å². The van der Waals surface area contributed by atoms with Crippen LogP contribution in [0.1, 0.15) is 29.9 Å². The van der Waals surface area contributed by atoms with Gasteiger partial charge >= 0.3 is 0 Å². The summed E-state index contributed by atoms with van der Waals surface area (Å²) in [4.78, 5) is 12.6. The number of hydrogen-bond acceptors (Lipinski definition) is 2. The Morgan fingerprint density at radius 2 is 1.43 bits per heavy atom. The molecular weight excluding hydrogens is 260 g/mol. The second kappa shape index (κ2) is 8.22. The van der Waals surface area contributed by atoms with E-state index in [1.165, 1.54) is 0 Å². The summed E-state index contributed by atoms with van der Waals surface area (Å²) >= 11 is 0. The number of carbonyl (C=O) groups excluding carboxylic acids is 1. The molecule has 21 heavy (non-hydrogen) atoms. The van der Waals surface area contributed by atoms with Crippen molar-refractivity contribution in [3.05, 3.63) is 71.8 Å². The van der Waals surface area contributed by atoms with Crippen molar-refractivity contribution in [3.63, 3.8) is 0 Å². The molecule has 0 bridgehead atoms. The van der Waals surface area contributed by atoms with Gasteiger partial charge in [-0.25, -0.2) is 0 Å². The fourth-order valence-corrected chi connectivity index (χ4v) is 2.37. The number of rotatable bonds is 7. The van der Waals surface area contributed by atoms with Crippen LogP contribution in [0.5, 0.6) is 0 Å². The highest BCUT2D eigenvalue weighted by Gasteiger charge is 2.21. The molecular formula is C18H22N2O. The van der Waals surface area contributed by atoms with Gasteiger partial charge in [0.05, 0.1) is 5.92 Å². The first-order valence-electron chi connectivity index (χ1n) is 7.40. The van der Waals surface area contributed by atoms with E-state index < -0.39 is 0 Å². The van der Waals surface area contributed by atoms with Gasteiger partial charge in [-0.1, -0.05) is 60.7 Å². The van der Waals surface area contributed by atoms with Gasteiger partial charge in [0.2, 0.25) is 5.91 Å². The molecule has 0 aliphatic rings. The fourth-order valence-electron chi connectivity index (χ4n) is 2.37. The summed E-state index contributed by atoms with van der Waals surface area (Å²) in [6.07, 6.45) is 1.85. The SMILES string of the molecule is NCCCCNC(=O)C(c1ccccc1)c1ccccc1. The monoisotopic (exact) mass is 282 g/mol. The molecule has 0 aromatic heterocycles. The maximum atomic E-state index is 12.6. The Bertz CT molecular complexity index is 500. The Labute approximate surface area is 126 Å². The summed E-state index contributed by atoms with van der Waals surface area (Å²) in [6.45, 7) is 1.34. The number of carbonyl (C=O) groups is 1. The first-order chi connectivity index (χ1) is 10.3. The normalized spacial score (nSPS) is 10.6. The zero-order valence-electron chi connectivity index (χ0n) is 12.2. The summed E-state index contributed by atoms with van der Waals surface area (Å²) in [5, 5.41) is 3.02. The third-order valence-electron chi connectivity index (χ3n) is 3.46. The van der Waals surface area contributed by atoms with Crippen LogP contribution in [0.25, 0.3) is 0 Å². The van der Waals surface area contributed by atoms with Gasteiger partial charge in [-0.15, -0.1) is 0 Å². The summed E-state index contributed by atoms with van der Waals surface area (Å²) in [5.41, 5.74) is 7.50. The van der Waals surface area contributed by atoms with Crippen LogP contribution >= 0.6 is 0 Å². The molecule has 3 heteroatoms. The van der Waals surface area contributed by atoms with Gasteiger partial charge in [0.15, 0.2) is 0 Å². The molecule has 0 radical (unpaired) electrons. The Morgan fingerprint density at radius 3 is 1.90 bits per heavy atom. The van der Waals surface area contributed by atoms with Crippen LogP contribution in [0, 0.1) is 0 Å². The van der Waals surface area contributed by atoms with Crippen LogP contribution in [0.2, 0.25) is 0 Å². The zero-order chi connectivity index (χ0) is 14.9. The molecule has 2 rings (SSSR count). The topological polar surface area (TPSA) is 55.1 Å². The van der Waals surface area contributed by atoms with Crippen molar-refractivity contribution in [2.75, 3.05) is 13.1 Å². The standard InChI is InChI=1S/C18H22N2O/c19-13-7-8-14-20-18(21)17(15-9-3-1-4-10-15)16-11-5-2-6-12-16/h1-6,9-12,17H,7-8,13-14,19H2,(H,20,21). The second-order valence-corrected chi connectivity index (χ2v) is 5.04. The number of benzene rings is 2. The lowest BCUT2D eigenvalue weighted by Crippen LogP contribution is -2.31. The highest BCUT2D eigenvalue weighted by Crippen LogP contribution is 2.24. The van der Waals surface area contributed by atoms with E-state index in [0.29, 0.717) is 13.1 Å². The van der Waals surface area contributed by atoms with Crippen molar-refractivity contribution in [2.45, 2.75) is 18.8 Å². The molecule has 3 nitrogen and oxygen atoms in total. The van der Waals surface area contributed by atoms with E-state index in [1.54, 1.807) is 0 Å². The third-order valence-corrected chi connectivity index (χ3v) is 3.46. The highest BCUT2D eigenvalue weighted by molar-refractivity contribution is 5.87.